The van der Waals surface area contributed by atoms with Crippen molar-refractivity contribution in [3.63, 3.8) is 0 Å². The predicted octanol–water partition coefficient (Wildman–Crippen LogP) is 4.12. The lowest BCUT2D eigenvalue weighted by atomic mass is 9.98. The number of piperidine rings is 1. The first-order valence-corrected chi connectivity index (χ1v) is 10.6. The molecule has 3 aromatic rings. The molecule has 1 unspecified atom stereocenters. The molecule has 0 radical (unpaired) electrons. The summed E-state index contributed by atoms with van der Waals surface area (Å²) in [5.74, 6) is -0.786. The molecule has 0 bridgehead atoms. The Morgan fingerprint density at radius 2 is 1.87 bits per heavy atom. The molecule has 1 atom stereocenters. The highest BCUT2D eigenvalue weighted by atomic mass is 19.1. The average Bonchev–Trinajstić information content (AvgIpc) is 3.46. The molecule has 6 nitrogen and oxygen atoms in total. The molecular formula is C24H23FN4O2. The Labute approximate surface area is 179 Å². The van der Waals surface area contributed by atoms with Crippen LogP contribution in [0.2, 0.25) is 0 Å². The molecule has 2 aliphatic heterocycles. The summed E-state index contributed by atoms with van der Waals surface area (Å²) in [5.41, 5.74) is 3.50. The average molecular weight is 418 g/mol. The maximum Gasteiger partial charge on any atom is 0.278 e. The summed E-state index contributed by atoms with van der Waals surface area (Å²) in [6.45, 7) is 1.22. The van der Waals surface area contributed by atoms with E-state index in [1.54, 1.807) is 28.0 Å². The number of nitrogens with one attached hydrogen (secondary N) is 1. The van der Waals surface area contributed by atoms with Crippen molar-refractivity contribution < 1.29 is 14.0 Å². The molecule has 2 aliphatic rings. The minimum atomic E-state index is -0.431. The smallest absolute Gasteiger partial charge is 0.278 e. The summed E-state index contributed by atoms with van der Waals surface area (Å²) in [6.07, 6.45) is 3.46. The molecule has 2 aromatic carbocycles. The van der Waals surface area contributed by atoms with E-state index in [1.165, 1.54) is 12.1 Å². The van der Waals surface area contributed by atoms with Gasteiger partial charge in [0, 0.05) is 24.3 Å². The van der Waals surface area contributed by atoms with E-state index in [4.69, 9.17) is 0 Å². The van der Waals surface area contributed by atoms with Crippen LogP contribution in [0.5, 0.6) is 0 Å². The van der Waals surface area contributed by atoms with Crippen LogP contribution in [-0.2, 0) is 6.42 Å². The molecule has 1 saturated heterocycles. The van der Waals surface area contributed by atoms with Gasteiger partial charge in [-0.25, -0.2) is 4.39 Å². The Morgan fingerprint density at radius 3 is 2.74 bits per heavy atom. The van der Waals surface area contributed by atoms with E-state index < -0.39 is 5.82 Å². The Morgan fingerprint density at radius 1 is 1.00 bits per heavy atom. The van der Waals surface area contributed by atoms with E-state index in [-0.39, 0.29) is 17.9 Å². The molecule has 1 aromatic heterocycles. The van der Waals surface area contributed by atoms with E-state index in [1.807, 2.05) is 24.3 Å². The highest BCUT2D eigenvalue weighted by Gasteiger charge is 2.32. The quantitative estimate of drug-likeness (QED) is 0.696. The zero-order valence-corrected chi connectivity index (χ0v) is 17.1. The number of para-hydroxylation sites is 1. The normalized spacial score (nSPS) is 18.2. The maximum absolute atomic E-state index is 13.6. The van der Waals surface area contributed by atoms with Crippen LogP contribution >= 0.6 is 0 Å². The molecule has 31 heavy (non-hydrogen) atoms. The van der Waals surface area contributed by atoms with Gasteiger partial charge in [0.15, 0.2) is 5.69 Å². The number of H-pyrrole nitrogens is 1. The lowest BCUT2D eigenvalue weighted by Gasteiger charge is -2.35. The van der Waals surface area contributed by atoms with Gasteiger partial charge in [0.25, 0.3) is 11.8 Å². The highest BCUT2D eigenvalue weighted by molar-refractivity contribution is 6.06. The number of benzene rings is 2. The molecule has 1 fully saturated rings. The molecular weight excluding hydrogens is 395 g/mol. The van der Waals surface area contributed by atoms with Crippen molar-refractivity contribution in [2.75, 3.05) is 18.0 Å². The van der Waals surface area contributed by atoms with Gasteiger partial charge in [-0.2, -0.15) is 5.10 Å². The number of anilines is 1. The topological polar surface area (TPSA) is 69.3 Å². The van der Waals surface area contributed by atoms with Gasteiger partial charge in [0.05, 0.1) is 11.7 Å². The van der Waals surface area contributed by atoms with Crippen LogP contribution in [0.15, 0.2) is 54.6 Å². The fourth-order valence-corrected chi connectivity index (χ4v) is 4.59. The predicted molar refractivity (Wildman–Crippen MR) is 114 cm³/mol. The number of nitrogens with zero attached hydrogens (tertiary/aromatic N) is 3. The lowest BCUT2D eigenvalue weighted by Crippen LogP contribution is -2.38. The Bertz CT molecular complexity index is 1140. The number of carbonyl (C=O) groups excluding carboxylic acids is 2. The third-order valence-electron chi connectivity index (χ3n) is 6.14. The largest absolute Gasteiger partial charge is 0.330 e. The number of carbonyl (C=O) groups is 2. The van der Waals surface area contributed by atoms with Crippen LogP contribution in [0.4, 0.5) is 10.1 Å². The third-order valence-corrected chi connectivity index (χ3v) is 6.14. The first-order valence-electron chi connectivity index (χ1n) is 10.6. The van der Waals surface area contributed by atoms with Crippen molar-refractivity contribution in [3.8, 4) is 0 Å². The summed E-state index contributed by atoms with van der Waals surface area (Å²) in [6, 6.07) is 15.2. The summed E-state index contributed by atoms with van der Waals surface area (Å²) in [7, 11) is 0. The standard InChI is InChI=1S/C24H23FN4O2/c25-18-8-5-7-17(14-18)23(30)28-12-4-3-10-22(28)19-15-20(27-26-19)24(31)29-13-11-16-6-1-2-9-21(16)29/h1-2,5-9,14-15,22H,3-4,10-13H2,(H,26,27). The number of fused-ring (bicyclic) bond motifs is 1. The molecule has 0 aliphatic carbocycles. The molecule has 158 valence electrons. The summed E-state index contributed by atoms with van der Waals surface area (Å²) >= 11 is 0. The number of aromatic nitrogens is 2. The minimum absolute atomic E-state index is 0.147. The van der Waals surface area contributed by atoms with Crippen molar-refractivity contribution in [3.05, 3.63) is 82.9 Å². The van der Waals surface area contributed by atoms with Gasteiger partial charge in [0.1, 0.15) is 5.82 Å². The Balaban J connectivity index is 1.39. The van der Waals surface area contributed by atoms with Crippen molar-refractivity contribution >= 4 is 17.5 Å². The van der Waals surface area contributed by atoms with Crippen LogP contribution in [0, 0.1) is 5.82 Å². The van der Waals surface area contributed by atoms with Gasteiger partial charge in [-0.05, 0) is 61.6 Å². The van der Waals surface area contributed by atoms with E-state index >= 15 is 0 Å². The van der Waals surface area contributed by atoms with Crippen LogP contribution in [0.1, 0.15) is 57.4 Å². The number of halogens is 1. The second-order valence-electron chi connectivity index (χ2n) is 8.06. The van der Waals surface area contributed by atoms with Gasteiger partial charge in [-0.15, -0.1) is 0 Å². The zero-order chi connectivity index (χ0) is 21.4. The number of hydrogen-bond donors (Lipinski definition) is 1. The molecule has 7 heteroatoms. The maximum atomic E-state index is 13.6. The van der Waals surface area contributed by atoms with Gasteiger partial charge in [0.2, 0.25) is 0 Å². The molecule has 5 rings (SSSR count). The van der Waals surface area contributed by atoms with Crippen LogP contribution < -0.4 is 4.90 Å². The molecule has 1 N–H and O–H groups in total. The van der Waals surface area contributed by atoms with Crippen molar-refractivity contribution in [1.29, 1.82) is 0 Å². The summed E-state index contributed by atoms with van der Waals surface area (Å²) in [5, 5.41) is 7.26. The first-order chi connectivity index (χ1) is 15.1. The second-order valence-corrected chi connectivity index (χ2v) is 8.06. The number of likely N-dealkylation sites (tertiary alicyclic amines) is 1. The van der Waals surface area contributed by atoms with E-state index in [9.17, 15) is 14.0 Å². The monoisotopic (exact) mass is 418 g/mol. The van der Waals surface area contributed by atoms with E-state index in [0.717, 1.165) is 42.6 Å². The zero-order valence-electron chi connectivity index (χ0n) is 17.1. The van der Waals surface area contributed by atoms with Gasteiger partial charge >= 0.3 is 0 Å². The second kappa shape index (κ2) is 7.98. The van der Waals surface area contributed by atoms with Crippen molar-refractivity contribution in [2.45, 2.75) is 31.7 Å². The molecule has 0 spiro atoms. The number of rotatable bonds is 3. The van der Waals surface area contributed by atoms with Gasteiger partial charge in [-0.3, -0.25) is 14.7 Å². The fraction of sp³-hybridized carbons (Fsp3) is 0.292. The SMILES string of the molecule is O=C(c1cc(C2CCCCN2C(=O)c2cccc(F)c2)[nH]n1)N1CCc2ccccc21. The lowest BCUT2D eigenvalue weighted by molar-refractivity contribution is 0.0605. The van der Waals surface area contributed by atoms with Crippen molar-refractivity contribution in [2.24, 2.45) is 0 Å². The van der Waals surface area contributed by atoms with Crippen LogP contribution in [0.3, 0.4) is 0 Å². The van der Waals surface area contributed by atoms with E-state index in [2.05, 4.69) is 10.2 Å². The highest BCUT2D eigenvalue weighted by Crippen LogP contribution is 2.33. The van der Waals surface area contributed by atoms with Gasteiger partial charge < -0.3 is 9.80 Å². The number of amides is 2. The molecule has 3 heterocycles. The summed E-state index contributed by atoms with van der Waals surface area (Å²) in [4.78, 5) is 29.7. The van der Waals surface area contributed by atoms with Crippen LogP contribution in [0.25, 0.3) is 0 Å². The Hall–Kier alpha value is -3.48. The fourth-order valence-electron chi connectivity index (χ4n) is 4.59. The number of aromatic amines is 1. The minimum Gasteiger partial charge on any atom is -0.330 e. The third kappa shape index (κ3) is 3.60. The van der Waals surface area contributed by atoms with Gasteiger partial charge in [-0.1, -0.05) is 24.3 Å². The molecule has 0 saturated carbocycles. The first kappa shape index (κ1) is 19.5. The van der Waals surface area contributed by atoms with Crippen molar-refractivity contribution in [1.82, 2.24) is 15.1 Å². The van der Waals surface area contributed by atoms with E-state index in [0.29, 0.717) is 24.3 Å². The Kier molecular flexibility index (Phi) is 5.02. The summed E-state index contributed by atoms with van der Waals surface area (Å²) < 4.78 is 13.6. The van der Waals surface area contributed by atoms with Crippen LogP contribution in [-0.4, -0.2) is 40.0 Å². The number of hydrogen-bond acceptors (Lipinski definition) is 3. The molecule has 2 amide bonds.